The second-order valence-corrected chi connectivity index (χ2v) is 6.06. The number of halogens is 2. The fourth-order valence-corrected chi connectivity index (χ4v) is 3.52. The van der Waals surface area contributed by atoms with Crippen LogP contribution in [0.2, 0.25) is 5.02 Å². The number of anilines is 1. The molecule has 0 aliphatic carbocycles. The summed E-state index contributed by atoms with van der Waals surface area (Å²) in [7, 11) is 0. The highest BCUT2D eigenvalue weighted by Gasteiger charge is 2.26. The van der Waals surface area contributed by atoms with Crippen LogP contribution in [-0.4, -0.2) is 12.5 Å². The molecule has 1 aliphatic heterocycles. The van der Waals surface area contributed by atoms with Crippen LogP contribution in [0.15, 0.2) is 42.5 Å². The molecule has 0 fully saturated rings. The van der Waals surface area contributed by atoms with Crippen molar-refractivity contribution in [2.75, 3.05) is 11.4 Å². The SMILES string of the molecule is O=C1c2ccccc2CCN1c1ccc(Cl)cc1I. The predicted octanol–water partition coefficient (Wildman–Crippen LogP) is 4.15. The molecule has 1 heterocycles. The van der Waals surface area contributed by atoms with Gasteiger partial charge in [-0.1, -0.05) is 29.8 Å². The van der Waals surface area contributed by atoms with Gasteiger partial charge in [-0.3, -0.25) is 4.79 Å². The smallest absolute Gasteiger partial charge is 0.258 e. The molecule has 3 rings (SSSR count). The van der Waals surface area contributed by atoms with Gasteiger partial charge in [-0.15, -0.1) is 0 Å². The zero-order valence-corrected chi connectivity index (χ0v) is 13.0. The van der Waals surface area contributed by atoms with Crippen molar-refractivity contribution in [1.82, 2.24) is 0 Å². The third-order valence-electron chi connectivity index (χ3n) is 3.30. The minimum atomic E-state index is 0.0714. The Labute approximate surface area is 130 Å². The van der Waals surface area contributed by atoms with Crippen molar-refractivity contribution in [2.24, 2.45) is 0 Å². The number of hydrogen-bond donors (Lipinski definition) is 0. The molecule has 0 saturated carbocycles. The van der Waals surface area contributed by atoms with Crippen LogP contribution >= 0.6 is 34.2 Å². The number of carbonyl (C=O) groups is 1. The molecule has 2 aromatic carbocycles. The molecule has 4 heteroatoms. The van der Waals surface area contributed by atoms with Crippen molar-refractivity contribution in [3.63, 3.8) is 0 Å². The molecule has 2 aromatic rings. The van der Waals surface area contributed by atoms with Crippen LogP contribution in [0, 0.1) is 3.57 Å². The molecule has 0 atom stereocenters. The molecule has 0 radical (unpaired) electrons. The molecule has 96 valence electrons. The lowest BCUT2D eigenvalue weighted by molar-refractivity contribution is 0.0980. The Bertz CT molecular complexity index is 656. The summed E-state index contributed by atoms with van der Waals surface area (Å²) in [4.78, 5) is 14.4. The van der Waals surface area contributed by atoms with E-state index in [1.165, 1.54) is 0 Å². The van der Waals surface area contributed by atoms with Crippen LogP contribution in [-0.2, 0) is 6.42 Å². The van der Waals surface area contributed by atoms with Gasteiger partial charge in [0.15, 0.2) is 0 Å². The number of carbonyl (C=O) groups excluding carboxylic acids is 1. The van der Waals surface area contributed by atoms with Crippen molar-refractivity contribution >= 4 is 45.8 Å². The monoisotopic (exact) mass is 383 g/mol. The summed E-state index contributed by atoms with van der Waals surface area (Å²) < 4.78 is 0.998. The molecule has 19 heavy (non-hydrogen) atoms. The summed E-state index contributed by atoms with van der Waals surface area (Å²) in [5.74, 6) is 0.0714. The zero-order valence-electron chi connectivity index (χ0n) is 10.1. The average molecular weight is 384 g/mol. The van der Waals surface area contributed by atoms with E-state index in [1.807, 2.05) is 47.4 Å². The summed E-state index contributed by atoms with van der Waals surface area (Å²) in [6.45, 7) is 0.716. The van der Waals surface area contributed by atoms with Gasteiger partial charge in [0.05, 0.1) is 5.69 Å². The van der Waals surface area contributed by atoms with Crippen LogP contribution in [0.1, 0.15) is 15.9 Å². The zero-order chi connectivity index (χ0) is 13.4. The quantitative estimate of drug-likeness (QED) is 0.678. The van der Waals surface area contributed by atoms with Gasteiger partial charge in [-0.05, 0) is 58.8 Å². The van der Waals surface area contributed by atoms with Gasteiger partial charge in [0.2, 0.25) is 0 Å². The molecular weight excluding hydrogens is 373 g/mol. The van der Waals surface area contributed by atoms with E-state index < -0.39 is 0 Å². The summed E-state index contributed by atoms with van der Waals surface area (Å²) in [5, 5.41) is 0.693. The number of amides is 1. The maximum Gasteiger partial charge on any atom is 0.258 e. The highest BCUT2D eigenvalue weighted by molar-refractivity contribution is 14.1. The minimum absolute atomic E-state index is 0.0714. The predicted molar refractivity (Wildman–Crippen MR) is 86.0 cm³/mol. The number of hydrogen-bond acceptors (Lipinski definition) is 1. The number of nitrogens with zero attached hydrogens (tertiary/aromatic N) is 1. The number of fused-ring (bicyclic) bond motifs is 1. The van der Waals surface area contributed by atoms with Gasteiger partial charge >= 0.3 is 0 Å². The van der Waals surface area contributed by atoms with E-state index in [1.54, 1.807) is 0 Å². The summed E-state index contributed by atoms with van der Waals surface area (Å²) in [6.07, 6.45) is 0.890. The first-order chi connectivity index (χ1) is 9.16. The first-order valence-corrected chi connectivity index (χ1v) is 7.47. The molecule has 0 saturated heterocycles. The van der Waals surface area contributed by atoms with E-state index in [-0.39, 0.29) is 5.91 Å². The summed E-state index contributed by atoms with van der Waals surface area (Å²) in [5.41, 5.74) is 2.87. The van der Waals surface area contributed by atoms with E-state index in [0.717, 1.165) is 26.8 Å². The average Bonchev–Trinajstić information content (AvgIpc) is 2.41. The van der Waals surface area contributed by atoms with Crippen molar-refractivity contribution in [2.45, 2.75) is 6.42 Å². The van der Waals surface area contributed by atoms with E-state index >= 15 is 0 Å². The van der Waals surface area contributed by atoms with Crippen LogP contribution in [0.25, 0.3) is 0 Å². The van der Waals surface area contributed by atoms with Crippen molar-refractivity contribution in [3.8, 4) is 0 Å². The lowest BCUT2D eigenvalue weighted by atomic mass is 9.99. The van der Waals surface area contributed by atoms with E-state index in [0.29, 0.717) is 11.6 Å². The molecular formula is C15H11ClINO. The maximum absolute atomic E-state index is 12.5. The molecule has 0 unspecified atom stereocenters. The van der Waals surface area contributed by atoms with E-state index in [2.05, 4.69) is 22.6 Å². The van der Waals surface area contributed by atoms with Gasteiger partial charge < -0.3 is 4.90 Å². The van der Waals surface area contributed by atoms with Crippen LogP contribution in [0.5, 0.6) is 0 Å². The molecule has 0 spiro atoms. The first-order valence-electron chi connectivity index (χ1n) is 6.01. The topological polar surface area (TPSA) is 20.3 Å². The minimum Gasteiger partial charge on any atom is -0.307 e. The largest absolute Gasteiger partial charge is 0.307 e. The molecule has 0 bridgehead atoms. The Kier molecular flexibility index (Phi) is 3.50. The Morgan fingerprint density at radius 1 is 1.16 bits per heavy atom. The van der Waals surface area contributed by atoms with Gasteiger partial charge in [-0.2, -0.15) is 0 Å². The maximum atomic E-state index is 12.5. The Morgan fingerprint density at radius 2 is 1.95 bits per heavy atom. The summed E-state index contributed by atoms with van der Waals surface area (Å²) in [6, 6.07) is 13.4. The van der Waals surface area contributed by atoms with Crippen LogP contribution < -0.4 is 4.90 Å². The fraction of sp³-hybridized carbons (Fsp3) is 0.133. The molecule has 0 aromatic heterocycles. The van der Waals surface area contributed by atoms with Gasteiger partial charge in [0.1, 0.15) is 0 Å². The van der Waals surface area contributed by atoms with Gasteiger partial charge in [0, 0.05) is 20.7 Å². The molecule has 1 aliphatic rings. The summed E-state index contributed by atoms with van der Waals surface area (Å²) >= 11 is 8.18. The van der Waals surface area contributed by atoms with Crippen LogP contribution in [0.3, 0.4) is 0 Å². The third-order valence-corrected chi connectivity index (χ3v) is 4.40. The standard InChI is InChI=1S/C15H11ClINO/c16-11-5-6-14(13(17)9-11)18-8-7-10-3-1-2-4-12(10)15(18)19/h1-6,9H,7-8H2. The normalized spacial score (nSPS) is 14.4. The second kappa shape index (κ2) is 5.13. The van der Waals surface area contributed by atoms with Crippen molar-refractivity contribution in [3.05, 3.63) is 62.2 Å². The number of rotatable bonds is 1. The lowest BCUT2D eigenvalue weighted by Gasteiger charge is -2.29. The second-order valence-electron chi connectivity index (χ2n) is 4.46. The third kappa shape index (κ3) is 2.37. The van der Waals surface area contributed by atoms with Crippen molar-refractivity contribution < 1.29 is 4.79 Å². The Morgan fingerprint density at radius 3 is 2.74 bits per heavy atom. The molecule has 0 N–H and O–H groups in total. The van der Waals surface area contributed by atoms with Crippen LogP contribution in [0.4, 0.5) is 5.69 Å². The Hall–Kier alpha value is -1.07. The van der Waals surface area contributed by atoms with Gasteiger partial charge in [-0.25, -0.2) is 0 Å². The lowest BCUT2D eigenvalue weighted by Crippen LogP contribution is -2.38. The number of benzene rings is 2. The van der Waals surface area contributed by atoms with Gasteiger partial charge in [0.25, 0.3) is 5.91 Å². The highest BCUT2D eigenvalue weighted by atomic mass is 127. The Balaban J connectivity index is 2.02. The molecule has 1 amide bonds. The van der Waals surface area contributed by atoms with E-state index in [9.17, 15) is 4.79 Å². The van der Waals surface area contributed by atoms with E-state index in [4.69, 9.17) is 11.6 Å². The van der Waals surface area contributed by atoms with Crippen molar-refractivity contribution in [1.29, 1.82) is 0 Å². The fourth-order valence-electron chi connectivity index (χ4n) is 2.36. The highest BCUT2D eigenvalue weighted by Crippen LogP contribution is 2.30. The molecule has 2 nitrogen and oxygen atoms in total. The first kappa shape index (κ1) is 12.9.